The molecule has 0 aliphatic carbocycles. The average molecular weight is 321 g/mol. The minimum Gasteiger partial charge on any atom is -0.496 e. The van der Waals surface area contributed by atoms with Crippen molar-refractivity contribution in [2.75, 3.05) is 20.3 Å². The number of methoxy groups -OCH3 is 1. The third kappa shape index (κ3) is 4.68. The fourth-order valence-electron chi connectivity index (χ4n) is 2.35. The van der Waals surface area contributed by atoms with Gasteiger partial charge in [-0.25, -0.2) is 0 Å². The Morgan fingerprint density at radius 3 is 3.00 bits per heavy atom. The van der Waals surface area contributed by atoms with Crippen LogP contribution in [-0.2, 0) is 4.74 Å². The highest BCUT2D eigenvalue weighted by atomic mass is 32.1. The summed E-state index contributed by atoms with van der Waals surface area (Å²) in [4.78, 5) is 0. The number of nitrogens with zero attached hydrogens (tertiary/aromatic N) is 1. The lowest BCUT2D eigenvalue weighted by atomic mass is 10.1. The highest BCUT2D eigenvalue weighted by molar-refractivity contribution is 7.80. The minimum absolute atomic E-state index is 0.252. The third-order valence-corrected chi connectivity index (χ3v) is 3.82. The molecule has 0 aromatic heterocycles. The molecule has 0 unspecified atom stereocenters. The molecule has 1 heterocycles. The molecule has 0 amide bonds. The van der Waals surface area contributed by atoms with Crippen LogP contribution in [0.1, 0.15) is 30.9 Å². The van der Waals surface area contributed by atoms with Gasteiger partial charge in [-0.2, -0.15) is 5.10 Å². The van der Waals surface area contributed by atoms with Crippen molar-refractivity contribution < 1.29 is 9.47 Å². The van der Waals surface area contributed by atoms with Crippen LogP contribution >= 0.6 is 12.2 Å². The number of thiocarbonyl (C=S) groups is 1. The molecule has 6 heteroatoms. The molecular formula is C16H23N3O2S. The molecule has 120 valence electrons. The van der Waals surface area contributed by atoms with Crippen molar-refractivity contribution in [3.63, 3.8) is 0 Å². The summed E-state index contributed by atoms with van der Waals surface area (Å²) in [5.74, 6) is 0.798. The van der Waals surface area contributed by atoms with Gasteiger partial charge in [0.05, 0.1) is 18.9 Å². The zero-order valence-electron chi connectivity index (χ0n) is 13.3. The van der Waals surface area contributed by atoms with Crippen LogP contribution in [-0.4, -0.2) is 37.2 Å². The first-order valence-electron chi connectivity index (χ1n) is 7.45. The second-order valence-electron chi connectivity index (χ2n) is 5.36. The van der Waals surface area contributed by atoms with Gasteiger partial charge in [0.15, 0.2) is 5.11 Å². The molecule has 22 heavy (non-hydrogen) atoms. The van der Waals surface area contributed by atoms with Gasteiger partial charge in [-0.1, -0.05) is 11.6 Å². The van der Waals surface area contributed by atoms with Crippen molar-refractivity contribution in [2.45, 2.75) is 32.8 Å². The highest BCUT2D eigenvalue weighted by Gasteiger charge is 2.15. The van der Waals surface area contributed by atoms with Gasteiger partial charge in [0.1, 0.15) is 5.75 Å². The Labute approximate surface area is 137 Å². The van der Waals surface area contributed by atoms with Gasteiger partial charge in [0.2, 0.25) is 0 Å². The SMILES string of the molecule is COc1ccc(C)cc1/C(C)=N\NC(=S)NC[C@H]1CCCO1. The van der Waals surface area contributed by atoms with Crippen LogP contribution in [0.5, 0.6) is 5.75 Å². The van der Waals surface area contributed by atoms with E-state index >= 15 is 0 Å². The van der Waals surface area contributed by atoms with Gasteiger partial charge >= 0.3 is 0 Å². The van der Waals surface area contributed by atoms with Crippen LogP contribution < -0.4 is 15.5 Å². The van der Waals surface area contributed by atoms with E-state index in [1.807, 2.05) is 32.0 Å². The molecule has 5 nitrogen and oxygen atoms in total. The Hall–Kier alpha value is -1.66. The van der Waals surface area contributed by atoms with Gasteiger partial charge < -0.3 is 14.8 Å². The lowest BCUT2D eigenvalue weighted by Crippen LogP contribution is -2.37. The van der Waals surface area contributed by atoms with Crippen LogP contribution in [0.2, 0.25) is 0 Å². The number of ether oxygens (including phenoxy) is 2. The van der Waals surface area contributed by atoms with E-state index in [-0.39, 0.29) is 6.10 Å². The van der Waals surface area contributed by atoms with Crippen molar-refractivity contribution >= 4 is 23.0 Å². The molecule has 2 N–H and O–H groups in total. The Kier molecular flexibility index (Phi) is 6.15. The fourth-order valence-corrected chi connectivity index (χ4v) is 2.48. The quantitative estimate of drug-likeness (QED) is 0.495. The molecule has 1 aromatic carbocycles. The maximum Gasteiger partial charge on any atom is 0.187 e. The Bertz CT molecular complexity index is 554. The standard InChI is InChI=1S/C16H23N3O2S/c1-11-6-7-15(20-3)14(9-11)12(2)18-19-16(22)17-10-13-5-4-8-21-13/h6-7,9,13H,4-5,8,10H2,1-3H3,(H2,17,19,22)/b18-12-/t13-/m1/s1. The van der Waals surface area contributed by atoms with E-state index in [1.165, 1.54) is 0 Å². The minimum atomic E-state index is 0.252. The monoisotopic (exact) mass is 321 g/mol. The zero-order valence-corrected chi connectivity index (χ0v) is 14.1. The van der Waals surface area contributed by atoms with Crippen LogP contribution in [0.25, 0.3) is 0 Å². The average Bonchev–Trinajstić information content (AvgIpc) is 3.04. The first-order chi connectivity index (χ1) is 10.6. The topological polar surface area (TPSA) is 54.9 Å². The molecule has 0 bridgehead atoms. The second kappa shape index (κ2) is 8.10. The number of hydrogen-bond donors (Lipinski definition) is 2. The molecule has 1 atom stereocenters. The first kappa shape index (κ1) is 16.7. The Morgan fingerprint density at radius 2 is 2.32 bits per heavy atom. The molecule has 0 radical (unpaired) electrons. The summed E-state index contributed by atoms with van der Waals surface area (Å²) in [6.07, 6.45) is 2.46. The number of hydrazone groups is 1. The Balaban J connectivity index is 1.91. The molecule has 1 saturated heterocycles. The summed E-state index contributed by atoms with van der Waals surface area (Å²) in [6.45, 7) is 5.52. The molecule has 0 saturated carbocycles. The summed E-state index contributed by atoms with van der Waals surface area (Å²) in [6, 6.07) is 6.00. The van der Waals surface area contributed by atoms with E-state index in [2.05, 4.69) is 15.8 Å². The van der Waals surface area contributed by atoms with Gasteiger partial charge in [-0.05, 0) is 51.0 Å². The summed E-state index contributed by atoms with van der Waals surface area (Å²) >= 11 is 5.23. The molecular weight excluding hydrogens is 298 g/mol. The number of hydrogen-bond acceptors (Lipinski definition) is 4. The van der Waals surface area contributed by atoms with Gasteiger partial charge in [0, 0.05) is 18.7 Å². The van der Waals surface area contributed by atoms with Crippen molar-refractivity contribution in [1.82, 2.24) is 10.7 Å². The van der Waals surface area contributed by atoms with Gasteiger partial charge in [-0.3, -0.25) is 5.43 Å². The summed E-state index contributed by atoms with van der Waals surface area (Å²) in [5, 5.41) is 7.96. The van der Waals surface area contributed by atoms with Crippen molar-refractivity contribution in [2.24, 2.45) is 5.10 Å². The number of rotatable bonds is 5. The van der Waals surface area contributed by atoms with Crippen molar-refractivity contribution in [3.8, 4) is 5.75 Å². The van der Waals surface area contributed by atoms with Crippen LogP contribution in [0.15, 0.2) is 23.3 Å². The maximum absolute atomic E-state index is 5.54. The van der Waals surface area contributed by atoms with E-state index < -0.39 is 0 Å². The van der Waals surface area contributed by atoms with E-state index in [4.69, 9.17) is 21.7 Å². The maximum atomic E-state index is 5.54. The molecule has 1 aliphatic rings. The number of nitrogens with one attached hydrogen (secondary N) is 2. The van der Waals surface area contributed by atoms with Crippen molar-refractivity contribution in [3.05, 3.63) is 29.3 Å². The smallest absolute Gasteiger partial charge is 0.187 e. The highest BCUT2D eigenvalue weighted by Crippen LogP contribution is 2.20. The molecule has 1 aliphatic heterocycles. The van der Waals surface area contributed by atoms with Gasteiger partial charge in [0.25, 0.3) is 0 Å². The van der Waals surface area contributed by atoms with E-state index in [0.717, 1.165) is 42.0 Å². The first-order valence-corrected chi connectivity index (χ1v) is 7.85. The van der Waals surface area contributed by atoms with Crippen molar-refractivity contribution in [1.29, 1.82) is 0 Å². The van der Waals surface area contributed by atoms with E-state index in [9.17, 15) is 0 Å². The number of aryl methyl sites for hydroxylation is 1. The second-order valence-corrected chi connectivity index (χ2v) is 5.77. The van der Waals surface area contributed by atoms with Gasteiger partial charge in [-0.15, -0.1) is 0 Å². The van der Waals surface area contributed by atoms with E-state index in [1.54, 1.807) is 7.11 Å². The normalized spacial score (nSPS) is 18.1. The third-order valence-electron chi connectivity index (χ3n) is 3.58. The van der Waals surface area contributed by atoms with Crippen LogP contribution in [0.4, 0.5) is 0 Å². The Morgan fingerprint density at radius 1 is 1.50 bits per heavy atom. The molecule has 1 fully saturated rings. The molecule has 2 rings (SSSR count). The van der Waals surface area contributed by atoms with Crippen LogP contribution in [0, 0.1) is 6.92 Å². The zero-order chi connectivity index (χ0) is 15.9. The summed E-state index contributed by atoms with van der Waals surface area (Å²) in [5.41, 5.74) is 5.81. The predicted molar refractivity (Wildman–Crippen MR) is 92.7 cm³/mol. The molecule has 0 spiro atoms. The number of benzene rings is 1. The molecule has 1 aromatic rings. The van der Waals surface area contributed by atoms with Crippen LogP contribution in [0.3, 0.4) is 0 Å². The largest absolute Gasteiger partial charge is 0.496 e. The fraction of sp³-hybridized carbons (Fsp3) is 0.500. The lowest BCUT2D eigenvalue weighted by molar-refractivity contribution is 0.114. The lowest BCUT2D eigenvalue weighted by Gasteiger charge is -2.13. The predicted octanol–water partition coefficient (Wildman–Crippen LogP) is 2.37. The van der Waals surface area contributed by atoms with E-state index in [0.29, 0.717) is 11.7 Å². The summed E-state index contributed by atoms with van der Waals surface area (Å²) < 4.78 is 10.9. The summed E-state index contributed by atoms with van der Waals surface area (Å²) in [7, 11) is 1.66.